The van der Waals surface area contributed by atoms with Gasteiger partial charge in [0.05, 0.1) is 11.8 Å². The molecule has 0 radical (unpaired) electrons. The molecule has 0 saturated carbocycles. The Morgan fingerprint density at radius 2 is 2.12 bits per heavy atom. The number of nitrogens with one attached hydrogen (secondary N) is 1. The predicted octanol–water partition coefficient (Wildman–Crippen LogP) is 3.40. The summed E-state index contributed by atoms with van der Waals surface area (Å²) in [6.45, 7) is 0. The van der Waals surface area contributed by atoms with Crippen LogP contribution in [0.3, 0.4) is 0 Å². The molecular formula is C11H9F3N2O. The summed E-state index contributed by atoms with van der Waals surface area (Å²) >= 11 is 0. The monoisotopic (exact) mass is 242 g/mol. The molecule has 0 spiro atoms. The Balaban J connectivity index is 2.53. The summed E-state index contributed by atoms with van der Waals surface area (Å²) in [5.41, 5.74) is -0.518. The van der Waals surface area contributed by atoms with Gasteiger partial charge in [0.25, 0.3) is 0 Å². The number of halogens is 3. The Kier molecular flexibility index (Phi) is 2.79. The summed E-state index contributed by atoms with van der Waals surface area (Å²) in [6, 6.07) is 4.20. The summed E-state index contributed by atoms with van der Waals surface area (Å²) in [5, 5.41) is 2.41. The molecule has 3 nitrogen and oxygen atoms in total. The first-order valence-electron chi connectivity index (χ1n) is 4.81. The maximum absolute atomic E-state index is 12.7. The number of furan rings is 1. The van der Waals surface area contributed by atoms with Crippen LogP contribution in [-0.2, 0) is 6.18 Å². The zero-order valence-corrected chi connectivity index (χ0v) is 8.88. The second-order valence-corrected chi connectivity index (χ2v) is 3.35. The Morgan fingerprint density at radius 1 is 1.35 bits per heavy atom. The average molecular weight is 242 g/mol. The first kappa shape index (κ1) is 11.5. The fourth-order valence-electron chi connectivity index (χ4n) is 1.46. The lowest BCUT2D eigenvalue weighted by Crippen LogP contribution is -2.10. The van der Waals surface area contributed by atoms with Crippen LogP contribution in [0.15, 0.2) is 35.1 Å². The number of aromatic nitrogens is 1. The van der Waals surface area contributed by atoms with Crippen LogP contribution in [0.25, 0.3) is 11.3 Å². The predicted molar refractivity (Wildman–Crippen MR) is 56.5 cm³/mol. The van der Waals surface area contributed by atoms with Crippen LogP contribution in [0, 0.1) is 0 Å². The molecule has 0 unspecified atom stereocenters. The largest absolute Gasteiger partial charge is 0.464 e. The lowest BCUT2D eigenvalue weighted by Gasteiger charge is -2.12. The highest BCUT2D eigenvalue weighted by Gasteiger charge is 2.34. The molecule has 0 bridgehead atoms. The molecule has 2 rings (SSSR count). The summed E-state index contributed by atoms with van der Waals surface area (Å²) < 4.78 is 43.3. The quantitative estimate of drug-likeness (QED) is 0.877. The third-order valence-electron chi connectivity index (χ3n) is 2.24. The van der Waals surface area contributed by atoms with Gasteiger partial charge in [0.15, 0.2) is 0 Å². The van der Waals surface area contributed by atoms with Crippen LogP contribution in [0.2, 0.25) is 0 Å². The van der Waals surface area contributed by atoms with E-state index in [2.05, 4.69) is 10.3 Å². The lowest BCUT2D eigenvalue weighted by molar-refractivity contribution is -0.137. The third kappa shape index (κ3) is 2.25. The number of hydrogen-bond donors (Lipinski definition) is 1. The van der Waals surface area contributed by atoms with E-state index in [9.17, 15) is 13.2 Å². The Labute approximate surface area is 95.3 Å². The molecule has 0 aliphatic heterocycles. The van der Waals surface area contributed by atoms with Crippen molar-refractivity contribution in [2.75, 3.05) is 12.4 Å². The summed E-state index contributed by atoms with van der Waals surface area (Å²) in [5.74, 6) is 0.151. The fourth-order valence-corrected chi connectivity index (χ4v) is 1.46. The van der Waals surface area contributed by atoms with Crippen molar-refractivity contribution in [3.8, 4) is 11.3 Å². The Hall–Kier alpha value is -1.98. The van der Waals surface area contributed by atoms with Gasteiger partial charge in [0, 0.05) is 18.8 Å². The van der Waals surface area contributed by atoms with Crippen LogP contribution in [0.4, 0.5) is 19.0 Å². The Morgan fingerprint density at radius 3 is 2.65 bits per heavy atom. The van der Waals surface area contributed by atoms with Crippen molar-refractivity contribution in [2.24, 2.45) is 0 Å². The Bertz CT molecular complexity index is 506. The van der Waals surface area contributed by atoms with Gasteiger partial charge in [-0.1, -0.05) is 0 Å². The molecule has 0 saturated heterocycles. The van der Waals surface area contributed by atoms with Gasteiger partial charge >= 0.3 is 6.18 Å². The number of rotatable bonds is 2. The molecule has 0 fully saturated rings. The van der Waals surface area contributed by atoms with E-state index >= 15 is 0 Å². The average Bonchev–Trinajstić information content (AvgIpc) is 2.80. The van der Waals surface area contributed by atoms with E-state index in [-0.39, 0.29) is 5.82 Å². The summed E-state index contributed by atoms with van der Waals surface area (Å²) in [4.78, 5) is 3.73. The van der Waals surface area contributed by atoms with Crippen molar-refractivity contribution in [3.63, 3.8) is 0 Å². The van der Waals surface area contributed by atoms with E-state index in [1.807, 2.05) is 0 Å². The van der Waals surface area contributed by atoms with Crippen molar-refractivity contribution >= 4 is 5.82 Å². The second-order valence-electron chi connectivity index (χ2n) is 3.35. The number of alkyl halides is 3. The molecule has 90 valence electrons. The molecule has 2 aromatic heterocycles. The first-order chi connectivity index (χ1) is 8.02. The highest BCUT2D eigenvalue weighted by atomic mass is 19.4. The van der Waals surface area contributed by atoms with E-state index in [0.717, 1.165) is 6.07 Å². The van der Waals surface area contributed by atoms with E-state index in [0.29, 0.717) is 11.3 Å². The highest BCUT2D eigenvalue weighted by molar-refractivity contribution is 5.61. The van der Waals surface area contributed by atoms with Gasteiger partial charge in [-0.2, -0.15) is 13.2 Å². The van der Waals surface area contributed by atoms with Gasteiger partial charge in [-0.25, -0.2) is 4.98 Å². The van der Waals surface area contributed by atoms with Crippen LogP contribution in [0.1, 0.15) is 5.56 Å². The zero-order valence-electron chi connectivity index (χ0n) is 8.88. The maximum atomic E-state index is 12.7. The van der Waals surface area contributed by atoms with Crippen LogP contribution in [-0.4, -0.2) is 12.0 Å². The molecular weight excluding hydrogens is 233 g/mol. The van der Waals surface area contributed by atoms with Gasteiger partial charge < -0.3 is 9.73 Å². The van der Waals surface area contributed by atoms with Crippen molar-refractivity contribution in [2.45, 2.75) is 6.18 Å². The normalized spacial score (nSPS) is 11.5. The SMILES string of the molecule is CNc1ncc(-c2ccco2)cc1C(F)(F)F. The number of pyridine rings is 1. The van der Waals surface area contributed by atoms with E-state index in [1.54, 1.807) is 12.1 Å². The van der Waals surface area contributed by atoms with Crippen LogP contribution >= 0.6 is 0 Å². The lowest BCUT2D eigenvalue weighted by atomic mass is 10.1. The molecule has 2 heterocycles. The molecule has 2 aromatic rings. The highest BCUT2D eigenvalue weighted by Crippen LogP contribution is 2.36. The standard InChI is InChI=1S/C11H9F3N2O/c1-15-10-8(11(12,13)14)5-7(6-16-10)9-3-2-4-17-9/h2-6H,1H3,(H,15,16). The molecule has 0 amide bonds. The molecule has 17 heavy (non-hydrogen) atoms. The number of anilines is 1. The zero-order chi connectivity index (χ0) is 12.5. The van der Waals surface area contributed by atoms with E-state index in [4.69, 9.17) is 4.42 Å². The van der Waals surface area contributed by atoms with Crippen LogP contribution in [0.5, 0.6) is 0 Å². The molecule has 1 N–H and O–H groups in total. The first-order valence-corrected chi connectivity index (χ1v) is 4.81. The van der Waals surface area contributed by atoms with Crippen molar-refractivity contribution < 1.29 is 17.6 Å². The maximum Gasteiger partial charge on any atom is 0.419 e. The van der Waals surface area contributed by atoms with Crippen molar-refractivity contribution in [3.05, 3.63) is 36.2 Å². The minimum Gasteiger partial charge on any atom is -0.464 e. The smallest absolute Gasteiger partial charge is 0.419 e. The minimum absolute atomic E-state index is 0.201. The summed E-state index contributed by atoms with van der Waals surface area (Å²) in [6.07, 6.45) is -1.72. The summed E-state index contributed by atoms with van der Waals surface area (Å²) in [7, 11) is 1.39. The number of hydrogen-bond acceptors (Lipinski definition) is 3. The van der Waals surface area contributed by atoms with E-state index < -0.39 is 11.7 Å². The van der Waals surface area contributed by atoms with Crippen LogP contribution < -0.4 is 5.32 Å². The second kappa shape index (κ2) is 4.12. The van der Waals surface area contributed by atoms with Gasteiger partial charge in [-0.15, -0.1) is 0 Å². The third-order valence-corrected chi connectivity index (χ3v) is 2.24. The van der Waals surface area contributed by atoms with Gasteiger partial charge in [-0.3, -0.25) is 0 Å². The van der Waals surface area contributed by atoms with Gasteiger partial charge in [-0.05, 0) is 18.2 Å². The van der Waals surface area contributed by atoms with Gasteiger partial charge in [0.1, 0.15) is 11.6 Å². The topological polar surface area (TPSA) is 38.1 Å². The fraction of sp³-hybridized carbons (Fsp3) is 0.182. The van der Waals surface area contributed by atoms with Crippen molar-refractivity contribution in [1.82, 2.24) is 4.98 Å². The van der Waals surface area contributed by atoms with Gasteiger partial charge in [0.2, 0.25) is 0 Å². The molecule has 6 heteroatoms. The molecule has 0 aromatic carbocycles. The van der Waals surface area contributed by atoms with E-state index in [1.165, 1.54) is 19.5 Å². The molecule has 0 aliphatic carbocycles. The van der Waals surface area contributed by atoms with Crippen molar-refractivity contribution in [1.29, 1.82) is 0 Å². The molecule has 0 atom stereocenters. The minimum atomic E-state index is -4.45. The number of nitrogens with zero attached hydrogens (tertiary/aromatic N) is 1. The molecule has 0 aliphatic rings.